The van der Waals surface area contributed by atoms with Crippen LogP contribution in [0.3, 0.4) is 0 Å². The lowest BCUT2D eigenvalue weighted by molar-refractivity contribution is 0.628. The summed E-state index contributed by atoms with van der Waals surface area (Å²) in [4.78, 5) is 7.66. The van der Waals surface area contributed by atoms with E-state index in [-0.39, 0.29) is 5.82 Å². The molecule has 1 aromatic carbocycles. The van der Waals surface area contributed by atoms with Crippen LogP contribution in [0.4, 0.5) is 4.39 Å². The van der Waals surface area contributed by atoms with Gasteiger partial charge in [-0.3, -0.25) is 0 Å². The maximum atomic E-state index is 13.0. The molecule has 0 aliphatic carbocycles. The van der Waals surface area contributed by atoms with Gasteiger partial charge in [-0.2, -0.15) is 0 Å². The van der Waals surface area contributed by atoms with Crippen molar-refractivity contribution in [1.29, 1.82) is 0 Å². The first kappa shape index (κ1) is 11.7. The summed E-state index contributed by atoms with van der Waals surface area (Å²) in [6.07, 6.45) is 2.84. The van der Waals surface area contributed by atoms with E-state index in [4.69, 9.17) is 11.6 Å². The van der Waals surface area contributed by atoms with Gasteiger partial charge in [0, 0.05) is 18.0 Å². The number of halogens is 2. The summed E-state index contributed by atoms with van der Waals surface area (Å²) in [6.45, 7) is 1.97. The van der Waals surface area contributed by atoms with E-state index >= 15 is 0 Å². The lowest BCUT2D eigenvalue weighted by atomic mass is 10.1. The van der Waals surface area contributed by atoms with E-state index in [2.05, 4.69) is 15.3 Å². The van der Waals surface area contributed by atoms with Gasteiger partial charge in [-0.1, -0.05) is 11.6 Å². The van der Waals surface area contributed by atoms with Gasteiger partial charge in [0.25, 0.3) is 0 Å². The zero-order valence-electron chi connectivity index (χ0n) is 9.71. The number of H-pyrrole nitrogens is 1. The number of nitrogens with zero attached hydrogens (tertiary/aromatic N) is 1. The largest absolute Gasteiger partial charge is 0.342 e. The second kappa shape index (κ2) is 4.71. The first-order valence-corrected chi connectivity index (χ1v) is 6.33. The van der Waals surface area contributed by atoms with Gasteiger partial charge in [0.05, 0.1) is 16.9 Å². The van der Waals surface area contributed by atoms with Gasteiger partial charge in [-0.15, -0.1) is 0 Å². The highest BCUT2D eigenvalue weighted by molar-refractivity contribution is 6.33. The minimum Gasteiger partial charge on any atom is -0.342 e. The van der Waals surface area contributed by atoms with Crippen molar-refractivity contribution in [2.75, 3.05) is 13.1 Å². The fraction of sp³-hybridized carbons (Fsp3) is 0.308. The summed E-state index contributed by atoms with van der Waals surface area (Å²) in [6, 6.07) is 4.38. The van der Waals surface area contributed by atoms with Gasteiger partial charge < -0.3 is 10.3 Å². The molecular weight excluding hydrogens is 253 g/mol. The molecule has 3 rings (SSSR count). The predicted molar refractivity (Wildman–Crippen MR) is 69.2 cm³/mol. The van der Waals surface area contributed by atoms with E-state index in [9.17, 15) is 4.39 Å². The van der Waals surface area contributed by atoms with Crippen LogP contribution in [0.15, 0.2) is 24.4 Å². The van der Waals surface area contributed by atoms with Crippen molar-refractivity contribution in [3.63, 3.8) is 0 Å². The lowest BCUT2D eigenvalue weighted by Crippen LogP contribution is -2.08. The minimum absolute atomic E-state index is 0.330. The SMILES string of the molecule is Fc1ccc(-c2cnc(C3CCNC3)[nH]2)c(Cl)c1. The summed E-state index contributed by atoms with van der Waals surface area (Å²) in [7, 11) is 0. The maximum Gasteiger partial charge on any atom is 0.124 e. The number of hydrogen-bond acceptors (Lipinski definition) is 2. The molecule has 1 atom stereocenters. The summed E-state index contributed by atoms with van der Waals surface area (Å²) < 4.78 is 13.0. The Balaban J connectivity index is 1.92. The highest BCUT2D eigenvalue weighted by Gasteiger charge is 2.20. The van der Waals surface area contributed by atoms with Crippen LogP contribution in [-0.4, -0.2) is 23.1 Å². The van der Waals surface area contributed by atoms with Gasteiger partial charge in [-0.25, -0.2) is 9.37 Å². The van der Waals surface area contributed by atoms with E-state index in [1.54, 1.807) is 12.3 Å². The van der Waals surface area contributed by atoms with Crippen LogP contribution in [0.5, 0.6) is 0 Å². The van der Waals surface area contributed by atoms with Crippen LogP contribution in [0.1, 0.15) is 18.2 Å². The molecule has 1 fully saturated rings. The Labute approximate surface area is 109 Å². The van der Waals surface area contributed by atoms with Crippen molar-refractivity contribution in [2.45, 2.75) is 12.3 Å². The number of hydrogen-bond donors (Lipinski definition) is 2. The first-order chi connectivity index (χ1) is 8.74. The monoisotopic (exact) mass is 265 g/mol. The van der Waals surface area contributed by atoms with Crippen LogP contribution in [0.25, 0.3) is 11.3 Å². The van der Waals surface area contributed by atoms with Crippen LogP contribution in [0, 0.1) is 5.82 Å². The lowest BCUT2D eigenvalue weighted by Gasteiger charge is -2.04. The van der Waals surface area contributed by atoms with E-state index < -0.39 is 0 Å². The van der Waals surface area contributed by atoms with Crippen molar-refractivity contribution in [3.05, 3.63) is 41.1 Å². The van der Waals surface area contributed by atoms with Crippen LogP contribution in [0.2, 0.25) is 5.02 Å². The van der Waals surface area contributed by atoms with Crippen molar-refractivity contribution < 1.29 is 4.39 Å². The topological polar surface area (TPSA) is 40.7 Å². The Morgan fingerprint density at radius 1 is 1.39 bits per heavy atom. The molecule has 1 aliphatic rings. The zero-order chi connectivity index (χ0) is 12.5. The van der Waals surface area contributed by atoms with E-state index in [0.29, 0.717) is 10.9 Å². The average molecular weight is 266 g/mol. The van der Waals surface area contributed by atoms with Crippen LogP contribution < -0.4 is 5.32 Å². The van der Waals surface area contributed by atoms with E-state index in [1.807, 2.05) is 0 Å². The minimum atomic E-state index is -0.330. The smallest absolute Gasteiger partial charge is 0.124 e. The zero-order valence-corrected chi connectivity index (χ0v) is 10.5. The molecule has 0 saturated carbocycles. The molecular formula is C13H13ClFN3. The van der Waals surface area contributed by atoms with Crippen molar-refractivity contribution >= 4 is 11.6 Å². The first-order valence-electron chi connectivity index (χ1n) is 5.95. The number of rotatable bonds is 2. The van der Waals surface area contributed by atoms with Crippen LogP contribution in [-0.2, 0) is 0 Å². The van der Waals surface area contributed by atoms with Gasteiger partial charge in [0.2, 0.25) is 0 Å². The Kier molecular flexibility index (Phi) is 3.06. The molecule has 2 heterocycles. The van der Waals surface area contributed by atoms with Crippen molar-refractivity contribution in [2.24, 2.45) is 0 Å². The highest BCUT2D eigenvalue weighted by Crippen LogP contribution is 2.29. The predicted octanol–water partition coefficient (Wildman–Crippen LogP) is 2.95. The number of aromatic amines is 1. The summed E-state index contributed by atoms with van der Waals surface area (Å²) >= 11 is 6.03. The molecule has 0 bridgehead atoms. The van der Waals surface area contributed by atoms with Crippen molar-refractivity contribution in [1.82, 2.24) is 15.3 Å². The molecule has 1 aromatic heterocycles. The second-order valence-electron chi connectivity index (χ2n) is 4.50. The highest BCUT2D eigenvalue weighted by atomic mass is 35.5. The maximum absolute atomic E-state index is 13.0. The van der Waals surface area contributed by atoms with Gasteiger partial charge >= 0.3 is 0 Å². The molecule has 1 aliphatic heterocycles. The molecule has 0 spiro atoms. The number of aromatic nitrogens is 2. The number of nitrogens with one attached hydrogen (secondary N) is 2. The van der Waals surface area contributed by atoms with E-state index in [1.165, 1.54) is 12.1 Å². The fourth-order valence-corrected chi connectivity index (χ4v) is 2.55. The summed E-state index contributed by atoms with van der Waals surface area (Å²) in [5.74, 6) is 1.07. The average Bonchev–Trinajstić information content (AvgIpc) is 2.99. The third-order valence-electron chi connectivity index (χ3n) is 3.26. The molecule has 0 amide bonds. The Morgan fingerprint density at radius 3 is 3.00 bits per heavy atom. The normalized spacial score (nSPS) is 19.3. The molecule has 1 saturated heterocycles. The Hall–Kier alpha value is -1.39. The number of benzene rings is 1. The molecule has 2 N–H and O–H groups in total. The molecule has 0 radical (unpaired) electrons. The standard InChI is InChI=1S/C13H13ClFN3/c14-11-5-9(15)1-2-10(11)12-7-17-13(18-12)8-3-4-16-6-8/h1-2,5,7-8,16H,3-4,6H2,(H,17,18). The fourth-order valence-electron chi connectivity index (χ4n) is 2.28. The summed E-state index contributed by atoms with van der Waals surface area (Å²) in [5, 5.41) is 3.70. The van der Waals surface area contributed by atoms with Crippen LogP contribution >= 0.6 is 11.6 Å². The Morgan fingerprint density at radius 2 is 2.28 bits per heavy atom. The quantitative estimate of drug-likeness (QED) is 0.877. The summed E-state index contributed by atoms with van der Waals surface area (Å²) in [5.41, 5.74) is 1.62. The van der Waals surface area contributed by atoms with E-state index in [0.717, 1.165) is 36.6 Å². The molecule has 94 valence electrons. The molecule has 5 heteroatoms. The molecule has 3 nitrogen and oxygen atoms in total. The number of imidazole rings is 1. The second-order valence-corrected chi connectivity index (χ2v) is 4.90. The van der Waals surface area contributed by atoms with Gasteiger partial charge in [0.15, 0.2) is 0 Å². The van der Waals surface area contributed by atoms with Gasteiger partial charge in [0.1, 0.15) is 11.6 Å². The Bertz CT molecular complexity index is 561. The third kappa shape index (κ3) is 2.13. The molecule has 18 heavy (non-hydrogen) atoms. The van der Waals surface area contributed by atoms with Crippen molar-refractivity contribution in [3.8, 4) is 11.3 Å². The van der Waals surface area contributed by atoms with Gasteiger partial charge in [-0.05, 0) is 31.2 Å². The third-order valence-corrected chi connectivity index (χ3v) is 3.58. The molecule has 1 unspecified atom stereocenters. The molecule has 2 aromatic rings.